The van der Waals surface area contributed by atoms with Crippen LogP contribution in [0.4, 0.5) is 0 Å². The fourth-order valence-electron chi connectivity index (χ4n) is 3.85. The molecule has 2 aliphatic rings. The fraction of sp³-hybridized carbons (Fsp3) is 0.316. The predicted octanol–water partition coefficient (Wildman–Crippen LogP) is 2.79. The summed E-state index contributed by atoms with van der Waals surface area (Å²) in [7, 11) is -3.71. The highest BCUT2D eigenvalue weighted by Gasteiger charge is 2.47. The Kier molecular flexibility index (Phi) is 4.95. The lowest BCUT2D eigenvalue weighted by atomic mass is 9.94. The van der Waals surface area contributed by atoms with Crippen LogP contribution >= 0.6 is 11.6 Å². The van der Waals surface area contributed by atoms with E-state index in [-0.39, 0.29) is 23.0 Å². The Labute approximate surface area is 167 Å². The summed E-state index contributed by atoms with van der Waals surface area (Å²) in [6, 6.07) is 10.9. The van der Waals surface area contributed by atoms with E-state index < -0.39 is 22.6 Å². The molecule has 148 valence electrons. The highest BCUT2D eigenvalue weighted by molar-refractivity contribution is 7.89. The lowest BCUT2D eigenvalue weighted by molar-refractivity contribution is -0.139. The van der Waals surface area contributed by atoms with Crippen molar-refractivity contribution in [1.29, 1.82) is 0 Å². The molecular weight excluding hydrogens is 406 g/mol. The Morgan fingerprint density at radius 2 is 1.96 bits per heavy atom. The smallest absolute Gasteiger partial charge is 0.341 e. The van der Waals surface area contributed by atoms with Crippen molar-refractivity contribution in [2.75, 3.05) is 6.61 Å². The lowest BCUT2D eigenvalue weighted by Crippen LogP contribution is -2.37. The van der Waals surface area contributed by atoms with Crippen molar-refractivity contribution in [3.63, 3.8) is 0 Å². The van der Waals surface area contributed by atoms with Crippen LogP contribution < -0.4 is 14.2 Å². The summed E-state index contributed by atoms with van der Waals surface area (Å²) in [6.07, 6.45) is 1.15. The molecule has 1 fully saturated rings. The van der Waals surface area contributed by atoms with Gasteiger partial charge in [-0.15, -0.1) is 0 Å². The van der Waals surface area contributed by atoms with Gasteiger partial charge < -0.3 is 14.6 Å². The van der Waals surface area contributed by atoms with Gasteiger partial charge >= 0.3 is 5.97 Å². The highest BCUT2D eigenvalue weighted by Crippen LogP contribution is 2.51. The van der Waals surface area contributed by atoms with Gasteiger partial charge in [0, 0.05) is 22.5 Å². The van der Waals surface area contributed by atoms with Gasteiger partial charge in [0.15, 0.2) is 18.1 Å². The number of hydrogen-bond acceptors (Lipinski definition) is 5. The van der Waals surface area contributed by atoms with E-state index in [0.29, 0.717) is 29.4 Å². The van der Waals surface area contributed by atoms with Crippen LogP contribution in [0.3, 0.4) is 0 Å². The van der Waals surface area contributed by atoms with Gasteiger partial charge in [-0.25, -0.2) is 17.9 Å². The standard InChI is InChI=1S/C19H18ClNO6S/c20-11-4-6-12(7-5-11)28(24,25)21-14-8-9-15-18(14)13-2-1-3-16(19(13)27-15)26-10-17(22)23/h1-7,14-15,18,21H,8-10H2,(H,22,23). The molecule has 1 saturated carbocycles. The number of carboxylic acid groups (broad SMARTS) is 1. The van der Waals surface area contributed by atoms with Crippen LogP contribution in [0.2, 0.25) is 5.02 Å². The van der Waals surface area contributed by atoms with Crippen LogP contribution in [-0.2, 0) is 14.8 Å². The predicted molar refractivity (Wildman–Crippen MR) is 102 cm³/mol. The Morgan fingerprint density at radius 3 is 2.68 bits per heavy atom. The van der Waals surface area contributed by atoms with Crippen molar-refractivity contribution in [2.24, 2.45) is 0 Å². The summed E-state index contributed by atoms with van der Waals surface area (Å²) in [5, 5.41) is 9.29. The molecule has 0 bridgehead atoms. The topological polar surface area (TPSA) is 102 Å². The SMILES string of the molecule is O=C(O)COc1cccc2c1OC1CCC(NS(=O)(=O)c3ccc(Cl)cc3)C21. The van der Waals surface area contributed by atoms with Crippen molar-refractivity contribution in [3.05, 3.63) is 53.1 Å². The maximum atomic E-state index is 12.8. The van der Waals surface area contributed by atoms with Crippen LogP contribution in [0.25, 0.3) is 0 Å². The summed E-state index contributed by atoms with van der Waals surface area (Å²) in [5.41, 5.74) is 0.828. The molecule has 0 radical (unpaired) electrons. The van der Waals surface area contributed by atoms with Crippen molar-refractivity contribution in [1.82, 2.24) is 4.72 Å². The van der Waals surface area contributed by atoms with E-state index in [2.05, 4.69) is 4.72 Å². The molecule has 1 aliphatic carbocycles. The zero-order chi connectivity index (χ0) is 19.9. The zero-order valence-corrected chi connectivity index (χ0v) is 16.2. The monoisotopic (exact) mass is 423 g/mol. The second-order valence-electron chi connectivity index (χ2n) is 6.80. The van der Waals surface area contributed by atoms with Crippen LogP contribution in [-0.4, -0.2) is 38.2 Å². The van der Waals surface area contributed by atoms with Crippen molar-refractivity contribution in [2.45, 2.75) is 35.8 Å². The molecule has 4 rings (SSSR count). The lowest BCUT2D eigenvalue weighted by Gasteiger charge is -2.19. The third-order valence-corrected chi connectivity index (χ3v) is 6.77. The molecule has 28 heavy (non-hydrogen) atoms. The fourth-order valence-corrected chi connectivity index (χ4v) is 5.27. The number of hydrogen-bond donors (Lipinski definition) is 2. The van der Waals surface area contributed by atoms with E-state index >= 15 is 0 Å². The van der Waals surface area contributed by atoms with Crippen LogP contribution in [0.5, 0.6) is 11.5 Å². The van der Waals surface area contributed by atoms with Crippen LogP contribution in [0, 0.1) is 0 Å². The average Bonchev–Trinajstić information content (AvgIpc) is 3.20. The number of carbonyl (C=O) groups is 1. The number of para-hydroxylation sites is 1. The Hall–Kier alpha value is -2.29. The number of carboxylic acids is 1. The molecule has 2 aromatic rings. The minimum Gasteiger partial charge on any atom is -0.486 e. The maximum Gasteiger partial charge on any atom is 0.341 e. The molecular formula is C19H18ClNO6S. The molecule has 3 unspecified atom stereocenters. The summed E-state index contributed by atoms with van der Waals surface area (Å²) in [6.45, 7) is -0.470. The van der Waals surface area contributed by atoms with E-state index in [9.17, 15) is 13.2 Å². The molecule has 0 aromatic heterocycles. The first-order valence-corrected chi connectivity index (χ1v) is 10.6. The summed E-state index contributed by atoms with van der Waals surface area (Å²) in [4.78, 5) is 10.9. The number of benzene rings is 2. The van der Waals surface area contributed by atoms with Gasteiger partial charge in [-0.1, -0.05) is 23.7 Å². The van der Waals surface area contributed by atoms with Crippen LogP contribution in [0.1, 0.15) is 24.3 Å². The third kappa shape index (κ3) is 3.55. The molecule has 1 aliphatic heterocycles. The van der Waals surface area contributed by atoms with E-state index in [0.717, 1.165) is 5.56 Å². The number of halogens is 1. The van der Waals surface area contributed by atoms with Crippen molar-refractivity contribution in [3.8, 4) is 11.5 Å². The van der Waals surface area contributed by atoms with Crippen molar-refractivity contribution >= 4 is 27.6 Å². The molecule has 2 aromatic carbocycles. The second kappa shape index (κ2) is 7.27. The summed E-state index contributed by atoms with van der Waals surface area (Å²) in [5.74, 6) is -0.391. The molecule has 0 spiro atoms. The number of fused-ring (bicyclic) bond motifs is 3. The first kappa shape index (κ1) is 19.0. The summed E-state index contributed by atoms with van der Waals surface area (Å²) >= 11 is 5.84. The Balaban J connectivity index is 1.58. The van der Waals surface area contributed by atoms with Gasteiger partial charge in [0.25, 0.3) is 0 Å². The van der Waals surface area contributed by atoms with Gasteiger partial charge in [-0.3, -0.25) is 0 Å². The Morgan fingerprint density at radius 1 is 1.21 bits per heavy atom. The molecule has 7 nitrogen and oxygen atoms in total. The third-order valence-electron chi connectivity index (χ3n) is 5.02. The molecule has 0 amide bonds. The minimum absolute atomic E-state index is 0.151. The minimum atomic E-state index is -3.71. The molecule has 2 N–H and O–H groups in total. The number of sulfonamides is 1. The van der Waals surface area contributed by atoms with E-state index in [4.69, 9.17) is 26.2 Å². The van der Waals surface area contributed by atoms with E-state index in [1.54, 1.807) is 12.1 Å². The Bertz CT molecular complexity index is 1010. The molecule has 1 heterocycles. The number of nitrogens with one attached hydrogen (secondary N) is 1. The van der Waals surface area contributed by atoms with Gasteiger partial charge in [0.1, 0.15) is 6.10 Å². The average molecular weight is 424 g/mol. The molecule has 3 atom stereocenters. The number of rotatable bonds is 6. The van der Waals surface area contributed by atoms with E-state index in [1.165, 1.54) is 24.3 Å². The van der Waals surface area contributed by atoms with Gasteiger partial charge in [0.2, 0.25) is 10.0 Å². The highest BCUT2D eigenvalue weighted by atomic mass is 35.5. The van der Waals surface area contributed by atoms with Crippen LogP contribution in [0.15, 0.2) is 47.4 Å². The number of aliphatic carboxylic acids is 1. The largest absolute Gasteiger partial charge is 0.486 e. The second-order valence-corrected chi connectivity index (χ2v) is 8.95. The molecule has 0 saturated heterocycles. The van der Waals surface area contributed by atoms with Gasteiger partial charge in [0.05, 0.1) is 4.90 Å². The molecule has 9 heteroatoms. The zero-order valence-electron chi connectivity index (χ0n) is 14.7. The maximum absolute atomic E-state index is 12.8. The number of ether oxygens (including phenoxy) is 2. The van der Waals surface area contributed by atoms with E-state index in [1.807, 2.05) is 6.07 Å². The van der Waals surface area contributed by atoms with Crippen molar-refractivity contribution < 1.29 is 27.8 Å². The van der Waals surface area contributed by atoms with Gasteiger partial charge in [-0.05, 0) is 43.2 Å². The van der Waals surface area contributed by atoms with Gasteiger partial charge in [-0.2, -0.15) is 0 Å². The first-order chi connectivity index (χ1) is 13.3. The first-order valence-electron chi connectivity index (χ1n) is 8.77. The normalized spacial score (nSPS) is 23.0. The summed E-state index contributed by atoms with van der Waals surface area (Å²) < 4.78 is 39.6. The quantitative estimate of drug-likeness (QED) is 0.740.